The van der Waals surface area contributed by atoms with E-state index in [0.717, 1.165) is 11.1 Å². The van der Waals surface area contributed by atoms with E-state index in [9.17, 15) is 9.59 Å². The first-order valence-electron chi connectivity index (χ1n) is 10.6. The number of aryl methyl sites for hydroxylation is 1. The highest BCUT2D eigenvalue weighted by Crippen LogP contribution is 2.23. The fourth-order valence-electron chi connectivity index (χ4n) is 3.68. The van der Waals surface area contributed by atoms with Crippen molar-refractivity contribution in [3.05, 3.63) is 99.3 Å². The largest absolute Gasteiger partial charge is 0.351 e. The van der Waals surface area contributed by atoms with E-state index in [1.54, 1.807) is 22.8 Å². The number of carbonyl (C=O) groups excluding carboxylic acids is 1. The number of para-hydroxylation sites is 1. The van der Waals surface area contributed by atoms with E-state index >= 15 is 0 Å². The molecule has 5 rings (SSSR count). The van der Waals surface area contributed by atoms with Crippen LogP contribution in [-0.2, 0) is 11.3 Å². The van der Waals surface area contributed by atoms with Gasteiger partial charge in [-0.25, -0.2) is 4.57 Å². The maximum absolute atomic E-state index is 13.3. The van der Waals surface area contributed by atoms with Crippen molar-refractivity contribution in [2.24, 2.45) is 0 Å². The number of rotatable bonds is 6. The third kappa shape index (κ3) is 4.30. The maximum Gasteiger partial charge on any atom is 0.267 e. The summed E-state index contributed by atoms with van der Waals surface area (Å²) in [5.41, 5.74) is 3.28. The molecule has 0 atom stereocenters. The number of nitrogens with one attached hydrogen (secondary N) is 1. The van der Waals surface area contributed by atoms with Crippen LogP contribution in [0.2, 0.25) is 5.02 Å². The zero-order valence-electron chi connectivity index (χ0n) is 18.2. The lowest BCUT2D eigenvalue weighted by molar-refractivity contribution is -0.118. The van der Waals surface area contributed by atoms with Gasteiger partial charge in [0.2, 0.25) is 11.7 Å². The van der Waals surface area contributed by atoms with Gasteiger partial charge >= 0.3 is 0 Å². The van der Waals surface area contributed by atoms with Crippen molar-refractivity contribution in [2.75, 3.05) is 5.75 Å². The number of aromatic nitrogens is 4. The molecule has 2 aromatic heterocycles. The Balaban J connectivity index is 1.46. The van der Waals surface area contributed by atoms with Crippen LogP contribution in [0.3, 0.4) is 0 Å². The predicted octanol–water partition coefficient (Wildman–Crippen LogP) is 4.40. The Hall–Kier alpha value is -3.62. The molecule has 0 spiro atoms. The van der Waals surface area contributed by atoms with Gasteiger partial charge in [-0.15, -0.1) is 10.2 Å². The minimum absolute atomic E-state index is 0.132. The van der Waals surface area contributed by atoms with Crippen LogP contribution in [0, 0.1) is 6.92 Å². The predicted molar refractivity (Wildman–Crippen MR) is 135 cm³/mol. The summed E-state index contributed by atoms with van der Waals surface area (Å²) in [5.74, 6) is 0.427. The summed E-state index contributed by atoms with van der Waals surface area (Å²) in [6, 6.07) is 22.3. The summed E-state index contributed by atoms with van der Waals surface area (Å²) >= 11 is 7.18. The number of benzene rings is 3. The van der Waals surface area contributed by atoms with Crippen LogP contribution in [-0.4, -0.2) is 30.8 Å². The van der Waals surface area contributed by atoms with Crippen LogP contribution in [0.1, 0.15) is 11.1 Å². The third-order valence-electron chi connectivity index (χ3n) is 5.42. The molecular weight excluding hydrogens is 470 g/mol. The fourth-order valence-corrected chi connectivity index (χ4v) is 4.58. The zero-order valence-corrected chi connectivity index (χ0v) is 19.8. The molecule has 1 N–H and O–H groups in total. The van der Waals surface area contributed by atoms with Gasteiger partial charge in [0.1, 0.15) is 0 Å². The van der Waals surface area contributed by atoms with E-state index in [2.05, 4.69) is 15.5 Å². The van der Waals surface area contributed by atoms with E-state index in [1.165, 1.54) is 11.8 Å². The van der Waals surface area contributed by atoms with Gasteiger partial charge in [-0.1, -0.05) is 65.3 Å². The first kappa shape index (κ1) is 22.2. The van der Waals surface area contributed by atoms with Crippen molar-refractivity contribution in [1.29, 1.82) is 0 Å². The molecule has 0 fully saturated rings. The van der Waals surface area contributed by atoms with Crippen LogP contribution < -0.4 is 10.9 Å². The van der Waals surface area contributed by atoms with Gasteiger partial charge in [-0.3, -0.25) is 14.0 Å². The monoisotopic (exact) mass is 489 g/mol. The Morgan fingerprint density at radius 1 is 1.00 bits per heavy atom. The summed E-state index contributed by atoms with van der Waals surface area (Å²) in [7, 11) is 0. The molecule has 0 aliphatic heterocycles. The Labute approximate surface area is 204 Å². The molecule has 34 heavy (non-hydrogen) atoms. The average Bonchev–Trinajstić information content (AvgIpc) is 3.27. The molecule has 0 aliphatic rings. The van der Waals surface area contributed by atoms with E-state index in [1.807, 2.05) is 65.9 Å². The molecule has 0 aliphatic carbocycles. The Morgan fingerprint density at radius 2 is 1.74 bits per heavy atom. The molecule has 9 heteroatoms. The van der Waals surface area contributed by atoms with E-state index in [4.69, 9.17) is 11.6 Å². The average molecular weight is 490 g/mol. The number of nitrogens with zero attached hydrogens (tertiary/aromatic N) is 4. The molecule has 3 aromatic carbocycles. The Bertz CT molecular complexity index is 1560. The SMILES string of the molecule is Cc1ccc(-n2c(=O)c3ccccc3n3c(SCC(=O)NCc4ccc(Cl)cc4)nnc23)cc1. The molecule has 170 valence electrons. The van der Waals surface area contributed by atoms with Gasteiger partial charge in [0.25, 0.3) is 5.56 Å². The van der Waals surface area contributed by atoms with Gasteiger partial charge in [0.15, 0.2) is 5.16 Å². The van der Waals surface area contributed by atoms with Crippen molar-refractivity contribution in [1.82, 2.24) is 24.5 Å². The first-order chi connectivity index (χ1) is 16.5. The molecule has 0 saturated heterocycles. The summed E-state index contributed by atoms with van der Waals surface area (Å²) in [6.45, 7) is 2.40. The highest BCUT2D eigenvalue weighted by Gasteiger charge is 2.18. The van der Waals surface area contributed by atoms with Crippen LogP contribution in [0.4, 0.5) is 0 Å². The van der Waals surface area contributed by atoms with Crippen LogP contribution in [0.5, 0.6) is 0 Å². The van der Waals surface area contributed by atoms with Crippen LogP contribution in [0.15, 0.2) is 82.7 Å². The van der Waals surface area contributed by atoms with E-state index < -0.39 is 0 Å². The van der Waals surface area contributed by atoms with Gasteiger partial charge in [0.05, 0.1) is 22.3 Å². The van der Waals surface area contributed by atoms with Gasteiger partial charge < -0.3 is 5.32 Å². The summed E-state index contributed by atoms with van der Waals surface area (Å²) in [5, 5.41) is 13.3. The highest BCUT2D eigenvalue weighted by molar-refractivity contribution is 7.99. The van der Waals surface area contributed by atoms with Crippen molar-refractivity contribution < 1.29 is 4.79 Å². The smallest absolute Gasteiger partial charge is 0.267 e. The molecule has 5 aromatic rings. The lowest BCUT2D eigenvalue weighted by Gasteiger charge is -2.11. The second-order valence-corrected chi connectivity index (χ2v) is 9.18. The second-order valence-electron chi connectivity index (χ2n) is 7.80. The number of thioether (sulfide) groups is 1. The normalized spacial score (nSPS) is 11.2. The standard InChI is InChI=1S/C25H20ClN5O2S/c1-16-6-12-19(13-7-16)30-23(33)20-4-2-3-5-21(20)31-24(30)28-29-25(31)34-15-22(32)27-14-17-8-10-18(26)11-9-17/h2-13H,14-15H2,1H3,(H,27,32). The minimum atomic E-state index is -0.170. The van der Waals surface area contributed by atoms with Crippen LogP contribution >= 0.6 is 23.4 Å². The topological polar surface area (TPSA) is 81.3 Å². The van der Waals surface area contributed by atoms with Gasteiger partial charge in [-0.2, -0.15) is 0 Å². The number of carbonyl (C=O) groups is 1. The van der Waals surface area contributed by atoms with Gasteiger partial charge in [-0.05, 0) is 48.9 Å². The molecular formula is C25H20ClN5O2S. The summed E-state index contributed by atoms with van der Waals surface area (Å²) in [4.78, 5) is 25.8. The lowest BCUT2D eigenvalue weighted by atomic mass is 10.2. The Kier molecular flexibility index (Phi) is 6.08. The number of amides is 1. The first-order valence-corrected chi connectivity index (χ1v) is 12.0. The second kappa shape index (κ2) is 9.32. The number of hydrogen-bond acceptors (Lipinski definition) is 5. The van der Waals surface area contributed by atoms with Crippen molar-refractivity contribution in [3.8, 4) is 5.69 Å². The zero-order chi connectivity index (χ0) is 23.7. The number of halogens is 1. The van der Waals surface area contributed by atoms with Gasteiger partial charge in [0, 0.05) is 11.6 Å². The fraction of sp³-hybridized carbons (Fsp3) is 0.120. The number of fused-ring (bicyclic) bond motifs is 3. The molecule has 1 amide bonds. The van der Waals surface area contributed by atoms with Crippen molar-refractivity contribution in [3.63, 3.8) is 0 Å². The number of hydrogen-bond donors (Lipinski definition) is 1. The minimum Gasteiger partial charge on any atom is -0.351 e. The Morgan fingerprint density at radius 3 is 2.50 bits per heavy atom. The molecule has 7 nitrogen and oxygen atoms in total. The highest BCUT2D eigenvalue weighted by atomic mass is 35.5. The summed E-state index contributed by atoms with van der Waals surface area (Å²) in [6.07, 6.45) is 0. The summed E-state index contributed by atoms with van der Waals surface area (Å²) < 4.78 is 3.38. The molecule has 2 heterocycles. The molecule has 0 bridgehead atoms. The van der Waals surface area contributed by atoms with Crippen molar-refractivity contribution in [2.45, 2.75) is 18.6 Å². The van der Waals surface area contributed by atoms with E-state index in [-0.39, 0.29) is 17.2 Å². The van der Waals surface area contributed by atoms with Crippen LogP contribution in [0.25, 0.3) is 22.4 Å². The van der Waals surface area contributed by atoms with Crippen molar-refractivity contribution >= 4 is 46.0 Å². The third-order valence-corrected chi connectivity index (χ3v) is 6.60. The lowest BCUT2D eigenvalue weighted by Crippen LogP contribution is -2.24. The quantitative estimate of drug-likeness (QED) is 0.357. The molecule has 0 unspecified atom stereocenters. The maximum atomic E-state index is 13.3. The molecule has 0 radical (unpaired) electrons. The molecule has 0 saturated carbocycles. The van der Waals surface area contributed by atoms with E-state index in [0.29, 0.717) is 39.1 Å².